The summed E-state index contributed by atoms with van der Waals surface area (Å²) in [7, 11) is 1.60. The summed E-state index contributed by atoms with van der Waals surface area (Å²) in [6.45, 7) is 5.82. The van der Waals surface area contributed by atoms with Crippen LogP contribution in [0.5, 0.6) is 5.75 Å². The van der Waals surface area contributed by atoms with E-state index in [-0.39, 0.29) is 24.3 Å². The van der Waals surface area contributed by atoms with Crippen molar-refractivity contribution < 1.29 is 14.3 Å². The lowest BCUT2D eigenvalue weighted by Crippen LogP contribution is -2.49. The molecule has 0 saturated heterocycles. The third-order valence-corrected chi connectivity index (χ3v) is 4.75. The van der Waals surface area contributed by atoms with Crippen molar-refractivity contribution in [3.8, 4) is 5.75 Å². The molecule has 5 nitrogen and oxygen atoms in total. The molecule has 150 valence electrons. The molecule has 0 aliphatic heterocycles. The van der Waals surface area contributed by atoms with Gasteiger partial charge in [0.05, 0.1) is 13.5 Å². The van der Waals surface area contributed by atoms with Gasteiger partial charge in [0.15, 0.2) is 0 Å². The fourth-order valence-electron chi connectivity index (χ4n) is 2.86. The van der Waals surface area contributed by atoms with E-state index >= 15 is 0 Å². The molecule has 2 amide bonds. The van der Waals surface area contributed by atoms with E-state index in [4.69, 9.17) is 16.3 Å². The lowest BCUT2D eigenvalue weighted by atomic mass is 10.1. The zero-order valence-corrected chi connectivity index (χ0v) is 17.5. The van der Waals surface area contributed by atoms with Gasteiger partial charge in [-0.25, -0.2) is 0 Å². The molecule has 1 N–H and O–H groups in total. The minimum absolute atomic E-state index is 0.00714. The van der Waals surface area contributed by atoms with Crippen molar-refractivity contribution in [2.75, 3.05) is 7.11 Å². The number of nitrogens with zero attached hydrogens (tertiary/aromatic N) is 1. The second-order valence-electron chi connectivity index (χ2n) is 6.98. The lowest BCUT2D eigenvalue weighted by Gasteiger charge is -2.29. The Morgan fingerprint density at radius 3 is 2.46 bits per heavy atom. The Bertz CT molecular complexity index is 823. The normalized spacial score (nSPS) is 11.8. The second kappa shape index (κ2) is 10.1. The number of ether oxygens (including phenoxy) is 1. The summed E-state index contributed by atoms with van der Waals surface area (Å²) in [5, 5.41) is 3.42. The minimum Gasteiger partial charge on any atom is -0.497 e. The summed E-state index contributed by atoms with van der Waals surface area (Å²) in [6.07, 6.45) is 0.128. The van der Waals surface area contributed by atoms with Crippen LogP contribution in [0.15, 0.2) is 48.5 Å². The van der Waals surface area contributed by atoms with E-state index in [1.54, 1.807) is 25.0 Å². The van der Waals surface area contributed by atoms with Crippen molar-refractivity contribution in [2.45, 2.75) is 45.8 Å². The van der Waals surface area contributed by atoms with Crippen molar-refractivity contribution in [3.63, 3.8) is 0 Å². The molecule has 0 radical (unpaired) electrons. The highest BCUT2D eigenvalue weighted by Gasteiger charge is 2.27. The second-order valence-corrected chi connectivity index (χ2v) is 7.39. The van der Waals surface area contributed by atoms with E-state index in [0.29, 0.717) is 17.3 Å². The van der Waals surface area contributed by atoms with Crippen molar-refractivity contribution in [1.82, 2.24) is 10.2 Å². The summed E-state index contributed by atoms with van der Waals surface area (Å²) in [5.41, 5.74) is 1.62. The SMILES string of the molecule is COc1cccc(CN(C(=O)Cc2ccccc2Cl)[C@@H](C)C(=O)NC(C)C)c1. The molecule has 2 rings (SSSR count). The van der Waals surface area contributed by atoms with E-state index in [2.05, 4.69) is 5.32 Å². The van der Waals surface area contributed by atoms with Crippen LogP contribution in [0.25, 0.3) is 0 Å². The van der Waals surface area contributed by atoms with Gasteiger partial charge in [-0.05, 0) is 50.1 Å². The predicted octanol–water partition coefficient (Wildman–Crippen LogP) is 3.83. The fourth-order valence-corrected chi connectivity index (χ4v) is 3.06. The van der Waals surface area contributed by atoms with Crippen LogP contribution in [0.3, 0.4) is 0 Å². The van der Waals surface area contributed by atoms with Crippen molar-refractivity contribution in [3.05, 3.63) is 64.7 Å². The average Bonchev–Trinajstić information content (AvgIpc) is 2.67. The molecule has 0 saturated carbocycles. The number of rotatable bonds is 8. The quantitative estimate of drug-likeness (QED) is 0.729. The van der Waals surface area contributed by atoms with Crippen LogP contribution < -0.4 is 10.1 Å². The first kappa shape index (κ1) is 21.8. The molecule has 0 aromatic heterocycles. The van der Waals surface area contributed by atoms with E-state index in [1.807, 2.05) is 56.3 Å². The molecule has 0 heterocycles. The Labute approximate surface area is 171 Å². The number of hydrogen-bond donors (Lipinski definition) is 1. The van der Waals surface area contributed by atoms with Crippen molar-refractivity contribution >= 4 is 23.4 Å². The number of carbonyl (C=O) groups is 2. The van der Waals surface area contributed by atoms with Crippen LogP contribution in [-0.2, 0) is 22.6 Å². The maximum atomic E-state index is 13.1. The number of hydrogen-bond acceptors (Lipinski definition) is 3. The van der Waals surface area contributed by atoms with Gasteiger partial charge in [-0.15, -0.1) is 0 Å². The highest BCUT2D eigenvalue weighted by atomic mass is 35.5. The van der Waals surface area contributed by atoms with Gasteiger partial charge in [0.1, 0.15) is 11.8 Å². The van der Waals surface area contributed by atoms with Gasteiger partial charge in [0, 0.05) is 17.6 Å². The Kier molecular flexibility index (Phi) is 7.88. The van der Waals surface area contributed by atoms with Gasteiger partial charge >= 0.3 is 0 Å². The van der Waals surface area contributed by atoms with Gasteiger partial charge in [-0.3, -0.25) is 9.59 Å². The average molecular weight is 403 g/mol. The molecule has 0 aliphatic rings. The number of amides is 2. The maximum absolute atomic E-state index is 13.1. The van der Waals surface area contributed by atoms with Gasteiger partial charge < -0.3 is 15.0 Å². The number of benzene rings is 2. The first-order valence-corrected chi connectivity index (χ1v) is 9.65. The summed E-state index contributed by atoms with van der Waals surface area (Å²) in [6, 6.07) is 14.1. The van der Waals surface area contributed by atoms with Crippen molar-refractivity contribution in [1.29, 1.82) is 0 Å². The van der Waals surface area contributed by atoms with Crippen LogP contribution in [0.4, 0.5) is 0 Å². The Balaban J connectivity index is 2.27. The number of methoxy groups -OCH3 is 1. The molecule has 0 unspecified atom stereocenters. The zero-order valence-electron chi connectivity index (χ0n) is 16.7. The van der Waals surface area contributed by atoms with Gasteiger partial charge in [0.2, 0.25) is 11.8 Å². The third-order valence-electron chi connectivity index (χ3n) is 4.38. The molecule has 2 aromatic carbocycles. The topological polar surface area (TPSA) is 58.6 Å². The smallest absolute Gasteiger partial charge is 0.242 e. The molecule has 2 aromatic rings. The summed E-state index contributed by atoms with van der Waals surface area (Å²) >= 11 is 6.22. The first-order chi connectivity index (χ1) is 13.3. The highest BCUT2D eigenvalue weighted by molar-refractivity contribution is 6.31. The Morgan fingerprint density at radius 1 is 1.11 bits per heavy atom. The molecule has 6 heteroatoms. The summed E-state index contributed by atoms with van der Waals surface area (Å²) < 4.78 is 5.27. The standard InChI is InChI=1S/C22H27ClN2O3/c1-15(2)24-22(27)16(3)25(14-17-8-7-10-19(12-17)28-4)21(26)13-18-9-5-6-11-20(18)23/h5-12,15-16H,13-14H2,1-4H3,(H,24,27)/t16-/m0/s1. The molecule has 1 atom stereocenters. The third kappa shape index (κ3) is 5.99. The molecule has 0 bridgehead atoms. The van der Waals surface area contributed by atoms with Crippen LogP contribution in [-0.4, -0.2) is 35.9 Å². The van der Waals surface area contributed by atoms with Crippen LogP contribution in [0.2, 0.25) is 5.02 Å². The number of nitrogens with one attached hydrogen (secondary N) is 1. The molecular formula is C22H27ClN2O3. The lowest BCUT2D eigenvalue weighted by molar-refractivity contribution is -0.140. The maximum Gasteiger partial charge on any atom is 0.242 e. The van der Waals surface area contributed by atoms with Gasteiger partial charge in [-0.2, -0.15) is 0 Å². The van der Waals surface area contributed by atoms with E-state index in [0.717, 1.165) is 11.1 Å². The van der Waals surface area contributed by atoms with Gasteiger partial charge in [-0.1, -0.05) is 41.9 Å². The zero-order chi connectivity index (χ0) is 20.7. The fraction of sp³-hybridized carbons (Fsp3) is 0.364. The summed E-state index contributed by atoms with van der Waals surface area (Å²) in [5.74, 6) is 0.350. The van der Waals surface area contributed by atoms with Gasteiger partial charge in [0.25, 0.3) is 0 Å². The molecular weight excluding hydrogens is 376 g/mol. The number of halogens is 1. The van der Waals surface area contributed by atoms with Crippen molar-refractivity contribution in [2.24, 2.45) is 0 Å². The Hall–Kier alpha value is -2.53. The van der Waals surface area contributed by atoms with E-state index < -0.39 is 6.04 Å². The van der Waals surface area contributed by atoms with Crippen LogP contribution in [0, 0.1) is 0 Å². The summed E-state index contributed by atoms with van der Waals surface area (Å²) in [4.78, 5) is 27.3. The minimum atomic E-state index is -0.622. The van der Waals surface area contributed by atoms with Crippen LogP contribution in [0.1, 0.15) is 31.9 Å². The number of carbonyl (C=O) groups excluding carboxylic acids is 2. The highest BCUT2D eigenvalue weighted by Crippen LogP contribution is 2.20. The molecule has 0 aliphatic carbocycles. The van der Waals surface area contributed by atoms with Crippen LogP contribution >= 0.6 is 11.6 Å². The first-order valence-electron chi connectivity index (χ1n) is 9.28. The predicted molar refractivity (Wildman–Crippen MR) is 111 cm³/mol. The van der Waals surface area contributed by atoms with E-state index in [9.17, 15) is 9.59 Å². The van der Waals surface area contributed by atoms with E-state index in [1.165, 1.54) is 0 Å². The largest absolute Gasteiger partial charge is 0.497 e. The molecule has 0 spiro atoms. The monoisotopic (exact) mass is 402 g/mol. The Morgan fingerprint density at radius 2 is 1.82 bits per heavy atom. The molecule has 0 fully saturated rings. The molecule has 28 heavy (non-hydrogen) atoms.